The van der Waals surface area contributed by atoms with E-state index in [2.05, 4.69) is 15.0 Å². The highest BCUT2D eigenvalue weighted by Crippen LogP contribution is 2.09. The molecule has 0 radical (unpaired) electrons. The van der Waals surface area contributed by atoms with Crippen molar-refractivity contribution in [1.29, 1.82) is 0 Å². The molecule has 0 aliphatic heterocycles. The minimum Gasteiger partial charge on any atom is -0.394 e. The summed E-state index contributed by atoms with van der Waals surface area (Å²) in [5.74, 6) is 0.928. The maximum absolute atomic E-state index is 9.00. The Morgan fingerprint density at radius 1 is 1.56 bits per heavy atom. The molecule has 2 aromatic rings. The summed E-state index contributed by atoms with van der Waals surface area (Å²) in [6.07, 6.45) is 7.71. The van der Waals surface area contributed by atoms with Crippen LogP contribution in [0.5, 0.6) is 0 Å². The number of aromatic nitrogens is 4. The first-order chi connectivity index (χ1) is 7.81. The molecule has 0 bridgehead atoms. The van der Waals surface area contributed by atoms with E-state index in [0.717, 1.165) is 24.5 Å². The molecule has 2 aromatic heterocycles. The van der Waals surface area contributed by atoms with Crippen LogP contribution in [0.15, 0.2) is 24.9 Å². The van der Waals surface area contributed by atoms with Crippen molar-refractivity contribution in [1.82, 2.24) is 19.5 Å². The first-order valence-corrected chi connectivity index (χ1v) is 5.16. The smallest absolute Gasteiger partial charge is 0.107 e. The van der Waals surface area contributed by atoms with Gasteiger partial charge >= 0.3 is 0 Å². The molecule has 1 unspecified atom stereocenters. The van der Waals surface area contributed by atoms with Gasteiger partial charge in [0.15, 0.2) is 0 Å². The summed E-state index contributed by atoms with van der Waals surface area (Å²) < 4.78 is 1.93. The molecule has 1 atom stereocenters. The van der Waals surface area contributed by atoms with E-state index >= 15 is 0 Å². The van der Waals surface area contributed by atoms with E-state index in [-0.39, 0.29) is 12.6 Å². The van der Waals surface area contributed by atoms with E-state index in [1.165, 1.54) is 0 Å². The van der Waals surface area contributed by atoms with Gasteiger partial charge in [-0.15, -0.1) is 0 Å². The molecule has 0 aromatic carbocycles. The van der Waals surface area contributed by atoms with Gasteiger partial charge in [0.2, 0.25) is 0 Å². The maximum Gasteiger partial charge on any atom is 0.107 e. The predicted octanol–water partition coefficient (Wildman–Crippen LogP) is -0.159. The highest BCUT2D eigenvalue weighted by molar-refractivity contribution is 5.05. The van der Waals surface area contributed by atoms with E-state index < -0.39 is 0 Å². The molecule has 0 fully saturated rings. The van der Waals surface area contributed by atoms with Crippen molar-refractivity contribution in [3.63, 3.8) is 0 Å². The molecule has 86 valence electrons. The summed E-state index contributed by atoms with van der Waals surface area (Å²) in [4.78, 5) is 11.2. The molecule has 2 heterocycles. The minimum absolute atomic E-state index is 0.0769. The number of nitrogens with two attached hydrogens (primary N) is 1. The van der Waals surface area contributed by atoms with Gasteiger partial charge < -0.3 is 20.4 Å². The number of nitrogens with one attached hydrogen (secondary N) is 1. The van der Waals surface area contributed by atoms with E-state index in [0.29, 0.717) is 0 Å². The third-order valence-electron chi connectivity index (χ3n) is 2.47. The third kappa shape index (κ3) is 2.29. The average Bonchev–Trinajstić information content (AvgIpc) is 2.96. The Labute approximate surface area is 93.1 Å². The Morgan fingerprint density at radius 2 is 2.44 bits per heavy atom. The molecule has 0 saturated heterocycles. The van der Waals surface area contributed by atoms with Gasteiger partial charge in [-0.2, -0.15) is 0 Å². The van der Waals surface area contributed by atoms with Crippen LogP contribution >= 0.6 is 0 Å². The molecule has 2 rings (SSSR count). The van der Waals surface area contributed by atoms with Crippen LogP contribution in [0, 0.1) is 0 Å². The Kier molecular flexibility index (Phi) is 3.33. The third-order valence-corrected chi connectivity index (χ3v) is 2.47. The zero-order valence-electron chi connectivity index (χ0n) is 8.87. The van der Waals surface area contributed by atoms with Crippen LogP contribution in [-0.4, -0.2) is 31.2 Å². The Hall–Kier alpha value is -1.66. The van der Waals surface area contributed by atoms with Crippen LogP contribution in [0.3, 0.4) is 0 Å². The molecular formula is C10H15N5O. The van der Waals surface area contributed by atoms with Crippen LogP contribution < -0.4 is 5.73 Å². The van der Waals surface area contributed by atoms with Crippen molar-refractivity contribution in [2.75, 3.05) is 6.61 Å². The molecule has 0 amide bonds. The van der Waals surface area contributed by atoms with Crippen LogP contribution in [-0.2, 0) is 13.0 Å². The highest BCUT2D eigenvalue weighted by Gasteiger charge is 2.10. The molecule has 6 heteroatoms. The van der Waals surface area contributed by atoms with E-state index in [1.807, 2.05) is 4.57 Å². The molecule has 4 N–H and O–H groups in total. The number of hydrogen-bond acceptors (Lipinski definition) is 4. The first kappa shape index (κ1) is 10.8. The summed E-state index contributed by atoms with van der Waals surface area (Å²) in [5.41, 5.74) is 6.60. The summed E-state index contributed by atoms with van der Waals surface area (Å²) in [6.45, 7) is 0.670. The number of H-pyrrole nitrogens is 1. The Balaban J connectivity index is 2.01. The number of aryl methyl sites for hydroxylation is 2. The van der Waals surface area contributed by atoms with Gasteiger partial charge in [-0.3, -0.25) is 0 Å². The van der Waals surface area contributed by atoms with Crippen LogP contribution in [0.1, 0.15) is 17.6 Å². The largest absolute Gasteiger partial charge is 0.394 e. The molecule has 0 aliphatic carbocycles. The quantitative estimate of drug-likeness (QED) is 0.654. The van der Waals surface area contributed by atoms with Crippen LogP contribution in [0.25, 0.3) is 0 Å². The van der Waals surface area contributed by atoms with Crippen molar-refractivity contribution in [2.24, 2.45) is 5.73 Å². The van der Waals surface area contributed by atoms with Crippen LogP contribution in [0.2, 0.25) is 0 Å². The summed E-state index contributed by atoms with van der Waals surface area (Å²) in [6, 6.07) is -0.376. The van der Waals surface area contributed by atoms with Crippen LogP contribution in [0.4, 0.5) is 0 Å². The number of hydrogen-bond donors (Lipinski definition) is 3. The number of nitrogens with zero attached hydrogens (tertiary/aromatic N) is 3. The first-order valence-electron chi connectivity index (χ1n) is 5.16. The summed E-state index contributed by atoms with van der Waals surface area (Å²) >= 11 is 0. The van der Waals surface area contributed by atoms with Gasteiger partial charge in [-0.1, -0.05) is 0 Å². The highest BCUT2D eigenvalue weighted by atomic mass is 16.3. The van der Waals surface area contributed by atoms with Crippen molar-refractivity contribution in [3.8, 4) is 0 Å². The van der Waals surface area contributed by atoms with Gasteiger partial charge in [-0.25, -0.2) is 9.97 Å². The van der Waals surface area contributed by atoms with Crippen molar-refractivity contribution < 1.29 is 5.11 Å². The lowest BCUT2D eigenvalue weighted by atomic mass is 10.2. The zero-order chi connectivity index (χ0) is 11.4. The molecule has 0 aliphatic rings. The number of aliphatic hydroxyl groups is 1. The van der Waals surface area contributed by atoms with Crippen molar-refractivity contribution in [3.05, 3.63) is 36.4 Å². The Bertz CT molecular complexity index is 422. The van der Waals surface area contributed by atoms with E-state index in [4.69, 9.17) is 10.8 Å². The number of rotatable bonds is 5. The molecular weight excluding hydrogens is 206 g/mol. The second kappa shape index (κ2) is 4.91. The summed E-state index contributed by atoms with van der Waals surface area (Å²) in [5, 5.41) is 9.00. The molecule has 0 saturated carbocycles. The standard InChI is InChI=1S/C10H15N5O/c11-8(6-16)9-5-12-7-15(9)4-1-10-13-2-3-14-10/h2-3,5,7-8,16H,1,4,6,11H2,(H,13,14). The topological polar surface area (TPSA) is 92.8 Å². The monoisotopic (exact) mass is 221 g/mol. The fraction of sp³-hybridized carbons (Fsp3) is 0.400. The van der Waals surface area contributed by atoms with Gasteiger partial charge in [0.05, 0.1) is 24.7 Å². The second-order valence-corrected chi connectivity index (χ2v) is 3.59. The van der Waals surface area contributed by atoms with Gasteiger partial charge in [-0.05, 0) is 0 Å². The lowest BCUT2D eigenvalue weighted by Gasteiger charge is -2.11. The van der Waals surface area contributed by atoms with E-state index in [1.54, 1.807) is 24.9 Å². The fourth-order valence-corrected chi connectivity index (χ4v) is 1.58. The average molecular weight is 221 g/mol. The summed E-state index contributed by atoms with van der Waals surface area (Å²) in [7, 11) is 0. The lowest BCUT2D eigenvalue weighted by Crippen LogP contribution is -2.19. The maximum atomic E-state index is 9.00. The van der Waals surface area contributed by atoms with Crippen molar-refractivity contribution >= 4 is 0 Å². The fourth-order valence-electron chi connectivity index (χ4n) is 1.58. The molecule has 0 spiro atoms. The normalized spacial score (nSPS) is 12.9. The number of imidazole rings is 2. The van der Waals surface area contributed by atoms with Gasteiger partial charge in [0, 0.05) is 31.6 Å². The number of aromatic amines is 1. The minimum atomic E-state index is -0.376. The zero-order valence-corrected chi connectivity index (χ0v) is 8.87. The SMILES string of the molecule is NC(CO)c1cncn1CCc1ncc[nH]1. The number of aliphatic hydroxyl groups excluding tert-OH is 1. The van der Waals surface area contributed by atoms with Gasteiger partial charge in [0.25, 0.3) is 0 Å². The van der Waals surface area contributed by atoms with Crippen molar-refractivity contribution in [2.45, 2.75) is 19.0 Å². The van der Waals surface area contributed by atoms with E-state index in [9.17, 15) is 0 Å². The predicted molar refractivity (Wildman–Crippen MR) is 58.5 cm³/mol. The lowest BCUT2D eigenvalue weighted by molar-refractivity contribution is 0.263. The van der Waals surface area contributed by atoms with Gasteiger partial charge in [0.1, 0.15) is 5.82 Å². The molecule has 16 heavy (non-hydrogen) atoms. The second-order valence-electron chi connectivity index (χ2n) is 3.59. The molecule has 6 nitrogen and oxygen atoms in total. The Morgan fingerprint density at radius 3 is 3.12 bits per heavy atom.